The van der Waals surface area contributed by atoms with Crippen LogP contribution in [0.4, 0.5) is 5.69 Å². The van der Waals surface area contributed by atoms with Gasteiger partial charge >= 0.3 is 0 Å². The van der Waals surface area contributed by atoms with Crippen LogP contribution in [0, 0.1) is 13.8 Å². The molecular formula is C22H23ClN2O2S. The molecule has 3 aromatic rings. The number of aryl methyl sites for hydroxylation is 2. The molecule has 146 valence electrons. The highest BCUT2D eigenvalue weighted by molar-refractivity contribution is 7.89. The Hall–Kier alpha value is -2.34. The topological polar surface area (TPSA) is 58.2 Å². The number of benzene rings is 3. The summed E-state index contributed by atoms with van der Waals surface area (Å²) in [6, 6.07) is 21.9. The van der Waals surface area contributed by atoms with Crippen LogP contribution in [0.1, 0.15) is 22.7 Å². The van der Waals surface area contributed by atoms with Crippen LogP contribution in [0.5, 0.6) is 0 Å². The van der Waals surface area contributed by atoms with Gasteiger partial charge < -0.3 is 5.32 Å². The summed E-state index contributed by atoms with van der Waals surface area (Å²) >= 11 is 6.00. The third-order valence-electron chi connectivity index (χ3n) is 4.47. The van der Waals surface area contributed by atoms with E-state index in [-0.39, 0.29) is 17.5 Å². The fourth-order valence-corrected chi connectivity index (χ4v) is 3.97. The van der Waals surface area contributed by atoms with Crippen molar-refractivity contribution in [1.82, 2.24) is 4.72 Å². The van der Waals surface area contributed by atoms with Crippen molar-refractivity contribution in [2.75, 3.05) is 11.9 Å². The van der Waals surface area contributed by atoms with Crippen molar-refractivity contribution in [3.8, 4) is 0 Å². The Balaban J connectivity index is 1.81. The zero-order valence-corrected chi connectivity index (χ0v) is 17.4. The van der Waals surface area contributed by atoms with E-state index in [0.717, 1.165) is 22.4 Å². The predicted octanol–water partition coefficient (Wildman–Crippen LogP) is 5.09. The van der Waals surface area contributed by atoms with E-state index < -0.39 is 10.0 Å². The molecule has 0 spiro atoms. The van der Waals surface area contributed by atoms with E-state index in [1.165, 1.54) is 0 Å². The molecule has 6 heteroatoms. The lowest BCUT2D eigenvalue weighted by Crippen LogP contribution is -2.31. The van der Waals surface area contributed by atoms with Crippen molar-refractivity contribution >= 4 is 27.3 Å². The van der Waals surface area contributed by atoms with E-state index in [0.29, 0.717) is 5.02 Å². The molecule has 28 heavy (non-hydrogen) atoms. The zero-order valence-electron chi connectivity index (χ0n) is 15.8. The lowest BCUT2D eigenvalue weighted by molar-refractivity contribution is 0.576. The summed E-state index contributed by atoms with van der Waals surface area (Å²) in [6.07, 6.45) is 0. The first-order chi connectivity index (χ1) is 13.3. The number of hydrogen-bond acceptors (Lipinski definition) is 3. The number of rotatable bonds is 7. The number of nitrogens with one attached hydrogen (secondary N) is 2. The molecule has 1 unspecified atom stereocenters. The fraction of sp³-hybridized carbons (Fsp3) is 0.182. The molecule has 0 saturated carbocycles. The maximum absolute atomic E-state index is 12.7. The van der Waals surface area contributed by atoms with Crippen molar-refractivity contribution in [3.05, 3.63) is 94.5 Å². The molecule has 4 nitrogen and oxygen atoms in total. The van der Waals surface area contributed by atoms with Crippen molar-refractivity contribution < 1.29 is 8.42 Å². The monoisotopic (exact) mass is 414 g/mol. The molecule has 0 amide bonds. The van der Waals surface area contributed by atoms with E-state index >= 15 is 0 Å². The van der Waals surface area contributed by atoms with Gasteiger partial charge in [-0.05, 0) is 55.8 Å². The number of hydrogen-bond donors (Lipinski definition) is 2. The second-order valence-electron chi connectivity index (χ2n) is 6.78. The number of sulfonamides is 1. The Bertz CT molecular complexity index is 1020. The first-order valence-electron chi connectivity index (χ1n) is 8.98. The Morgan fingerprint density at radius 3 is 1.93 bits per heavy atom. The second-order valence-corrected chi connectivity index (χ2v) is 8.98. The summed E-state index contributed by atoms with van der Waals surface area (Å²) in [5, 5.41) is 4.04. The summed E-state index contributed by atoms with van der Waals surface area (Å²) in [5.74, 6) is 0. The molecule has 0 aliphatic rings. The smallest absolute Gasteiger partial charge is 0.240 e. The molecule has 0 heterocycles. The highest BCUT2D eigenvalue weighted by Gasteiger charge is 2.18. The van der Waals surface area contributed by atoms with Gasteiger partial charge in [-0.3, -0.25) is 0 Å². The molecule has 2 N–H and O–H groups in total. The minimum atomic E-state index is -3.60. The molecule has 0 aromatic heterocycles. The van der Waals surface area contributed by atoms with E-state index in [1.807, 2.05) is 50.2 Å². The number of halogens is 1. The molecule has 0 radical (unpaired) electrons. The highest BCUT2D eigenvalue weighted by atomic mass is 35.5. The van der Waals surface area contributed by atoms with Crippen molar-refractivity contribution in [3.63, 3.8) is 0 Å². The van der Waals surface area contributed by atoms with Gasteiger partial charge in [-0.2, -0.15) is 0 Å². The SMILES string of the molecule is Cc1ccc(NC(CNS(=O)(=O)c2ccc(C)cc2)c2ccc(Cl)cc2)cc1. The van der Waals surface area contributed by atoms with Crippen LogP contribution in [-0.4, -0.2) is 15.0 Å². The van der Waals surface area contributed by atoms with E-state index in [2.05, 4.69) is 10.0 Å². The quantitative estimate of drug-likeness (QED) is 0.566. The van der Waals surface area contributed by atoms with Gasteiger partial charge in [0.15, 0.2) is 0 Å². The molecule has 1 atom stereocenters. The molecule has 0 aliphatic carbocycles. The molecule has 0 saturated heterocycles. The average molecular weight is 415 g/mol. The van der Waals surface area contributed by atoms with Crippen LogP contribution in [0.15, 0.2) is 77.7 Å². The normalized spacial score (nSPS) is 12.5. The first kappa shape index (κ1) is 20.4. The summed E-state index contributed by atoms with van der Waals surface area (Å²) in [4.78, 5) is 0.253. The minimum Gasteiger partial charge on any atom is -0.377 e. The van der Waals surface area contributed by atoms with Crippen LogP contribution in [0.2, 0.25) is 5.02 Å². The van der Waals surface area contributed by atoms with Crippen LogP contribution in [0.25, 0.3) is 0 Å². The lowest BCUT2D eigenvalue weighted by atomic mass is 10.1. The van der Waals surface area contributed by atoms with Gasteiger partial charge in [0.2, 0.25) is 10.0 Å². The van der Waals surface area contributed by atoms with Crippen molar-refractivity contribution in [1.29, 1.82) is 0 Å². The summed E-state index contributed by atoms with van der Waals surface area (Å²) in [5.41, 5.74) is 4.03. The predicted molar refractivity (Wildman–Crippen MR) is 115 cm³/mol. The van der Waals surface area contributed by atoms with Gasteiger partial charge in [-0.25, -0.2) is 13.1 Å². The maximum atomic E-state index is 12.7. The first-order valence-corrected chi connectivity index (χ1v) is 10.8. The van der Waals surface area contributed by atoms with Crippen LogP contribution >= 0.6 is 11.6 Å². The van der Waals surface area contributed by atoms with Gasteiger partial charge in [0.05, 0.1) is 10.9 Å². The second kappa shape index (κ2) is 8.78. The molecule has 0 aliphatic heterocycles. The Labute approximate surface area is 171 Å². The van der Waals surface area contributed by atoms with Crippen molar-refractivity contribution in [2.24, 2.45) is 0 Å². The van der Waals surface area contributed by atoms with Gasteiger partial charge in [-0.1, -0.05) is 59.1 Å². The lowest BCUT2D eigenvalue weighted by Gasteiger charge is -2.21. The van der Waals surface area contributed by atoms with Gasteiger partial charge in [0.1, 0.15) is 0 Å². The Morgan fingerprint density at radius 2 is 1.36 bits per heavy atom. The van der Waals surface area contributed by atoms with Crippen molar-refractivity contribution in [2.45, 2.75) is 24.8 Å². The molecule has 3 aromatic carbocycles. The average Bonchev–Trinajstić information content (AvgIpc) is 2.68. The van der Waals surface area contributed by atoms with E-state index in [4.69, 9.17) is 11.6 Å². The molecule has 0 bridgehead atoms. The van der Waals surface area contributed by atoms with Crippen LogP contribution < -0.4 is 10.0 Å². The minimum absolute atomic E-state index is 0.200. The Kier molecular flexibility index (Phi) is 6.39. The fourth-order valence-electron chi connectivity index (χ4n) is 2.79. The molecular weight excluding hydrogens is 392 g/mol. The standard InChI is InChI=1S/C22H23ClN2O2S/c1-16-3-11-20(12-4-16)25-22(18-7-9-19(23)10-8-18)15-24-28(26,27)21-13-5-17(2)6-14-21/h3-14,22,24-25H,15H2,1-2H3. The molecule has 0 fully saturated rings. The van der Waals surface area contributed by atoms with E-state index in [9.17, 15) is 8.42 Å². The highest BCUT2D eigenvalue weighted by Crippen LogP contribution is 2.22. The third-order valence-corrected chi connectivity index (χ3v) is 6.17. The van der Waals surface area contributed by atoms with Crippen LogP contribution in [0.3, 0.4) is 0 Å². The van der Waals surface area contributed by atoms with Gasteiger partial charge in [-0.15, -0.1) is 0 Å². The van der Waals surface area contributed by atoms with E-state index in [1.54, 1.807) is 36.4 Å². The zero-order chi connectivity index (χ0) is 20.1. The van der Waals surface area contributed by atoms with Gasteiger partial charge in [0, 0.05) is 17.3 Å². The van der Waals surface area contributed by atoms with Gasteiger partial charge in [0.25, 0.3) is 0 Å². The summed E-state index contributed by atoms with van der Waals surface area (Å²) in [6.45, 7) is 4.15. The largest absolute Gasteiger partial charge is 0.377 e. The third kappa shape index (κ3) is 5.35. The number of anilines is 1. The van der Waals surface area contributed by atoms with Crippen LogP contribution in [-0.2, 0) is 10.0 Å². The maximum Gasteiger partial charge on any atom is 0.240 e. The molecule has 3 rings (SSSR count). The summed E-state index contributed by atoms with van der Waals surface area (Å²) < 4.78 is 28.1. The summed E-state index contributed by atoms with van der Waals surface area (Å²) in [7, 11) is -3.60. The Morgan fingerprint density at radius 1 is 0.821 bits per heavy atom.